The van der Waals surface area contributed by atoms with E-state index in [1.807, 2.05) is 0 Å². The molecular weight excluding hydrogens is 340 g/mol. The zero-order valence-electron chi connectivity index (χ0n) is 13.4. The molecule has 0 aliphatic carbocycles. The molecule has 8 heteroatoms. The molecule has 1 saturated heterocycles. The van der Waals surface area contributed by atoms with Crippen molar-refractivity contribution in [3.63, 3.8) is 0 Å². The molecule has 0 bridgehead atoms. The molecule has 1 heterocycles. The van der Waals surface area contributed by atoms with Gasteiger partial charge in [0.15, 0.2) is 0 Å². The summed E-state index contributed by atoms with van der Waals surface area (Å²) in [6.07, 6.45) is 0. The Morgan fingerprint density at radius 3 is 2.74 bits per heavy atom. The molecule has 1 aliphatic rings. The topological polar surface area (TPSA) is 75.7 Å². The molecule has 128 valence electrons. The number of halogens is 1. The lowest BCUT2D eigenvalue weighted by Crippen LogP contribution is -2.43. The summed E-state index contributed by atoms with van der Waals surface area (Å²) in [7, 11) is -0.361. The molecule has 1 aliphatic heterocycles. The largest absolute Gasteiger partial charge is 0.379 e. The zero-order valence-corrected chi connectivity index (χ0v) is 14.9. The first-order valence-corrected chi connectivity index (χ1v) is 9.25. The highest BCUT2D eigenvalue weighted by Gasteiger charge is 2.34. The highest BCUT2D eigenvalue weighted by molar-refractivity contribution is 7.89. The van der Waals surface area contributed by atoms with E-state index < -0.39 is 10.0 Å². The molecule has 0 aromatic heterocycles. The molecule has 2 atom stereocenters. The summed E-state index contributed by atoms with van der Waals surface area (Å²) >= 11 is 6.04. The number of amides is 1. The summed E-state index contributed by atoms with van der Waals surface area (Å²) in [5, 5.41) is 3.39. The number of nitrogens with one attached hydrogen (secondary N) is 1. The zero-order chi connectivity index (χ0) is 17.2. The highest BCUT2D eigenvalue weighted by Crippen LogP contribution is 2.21. The van der Waals surface area contributed by atoms with Crippen LogP contribution < -0.4 is 5.32 Å². The summed E-state index contributed by atoms with van der Waals surface area (Å²) in [5.41, 5.74) is 1.18. The molecule has 6 nitrogen and oxygen atoms in total. The van der Waals surface area contributed by atoms with E-state index >= 15 is 0 Å². The van der Waals surface area contributed by atoms with Gasteiger partial charge < -0.3 is 10.1 Å². The van der Waals surface area contributed by atoms with Gasteiger partial charge in [0.25, 0.3) is 5.91 Å². The summed E-state index contributed by atoms with van der Waals surface area (Å²) in [6.45, 7) is 2.39. The third-order valence-corrected chi connectivity index (χ3v) is 6.38. The number of carbonyl (C=O) groups excluding carboxylic acids is 1. The number of ether oxygens (including phenoxy) is 1. The molecule has 0 radical (unpaired) electrons. The second kappa shape index (κ2) is 7.17. The van der Waals surface area contributed by atoms with Gasteiger partial charge in [-0.1, -0.05) is 17.7 Å². The van der Waals surface area contributed by atoms with E-state index in [1.165, 1.54) is 18.4 Å². The second-order valence-corrected chi connectivity index (χ2v) is 8.49. The highest BCUT2D eigenvalue weighted by atomic mass is 35.5. The van der Waals surface area contributed by atoms with Crippen LogP contribution in [0.3, 0.4) is 0 Å². The van der Waals surface area contributed by atoms with Crippen molar-refractivity contribution in [2.75, 3.05) is 33.1 Å². The van der Waals surface area contributed by atoms with Crippen molar-refractivity contribution in [3.05, 3.63) is 34.3 Å². The average Bonchev–Trinajstić information content (AvgIpc) is 2.88. The van der Waals surface area contributed by atoms with Crippen molar-refractivity contribution in [2.45, 2.75) is 13.0 Å². The van der Waals surface area contributed by atoms with Crippen LogP contribution in [0.4, 0.5) is 0 Å². The van der Waals surface area contributed by atoms with E-state index in [4.69, 9.17) is 16.3 Å². The Labute approximate surface area is 141 Å². The molecular formula is C15H21ClN2O4S. The molecule has 0 unspecified atom stereocenters. The van der Waals surface area contributed by atoms with Gasteiger partial charge >= 0.3 is 0 Å². The molecule has 1 aromatic rings. The summed E-state index contributed by atoms with van der Waals surface area (Å²) < 4.78 is 30.6. The summed E-state index contributed by atoms with van der Waals surface area (Å²) in [4.78, 5) is 12.4. The van der Waals surface area contributed by atoms with Crippen LogP contribution in [0.5, 0.6) is 0 Å². The lowest BCUT2D eigenvalue weighted by Gasteiger charge is -2.21. The molecule has 0 spiro atoms. The fraction of sp³-hybridized carbons (Fsp3) is 0.533. The maximum atomic E-state index is 12.4. The van der Waals surface area contributed by atoms with E-state index in [2.05, 4.69) is 5.32 Å². The van der Waals surface area contributed by atoms with Gasteiger partial charge in [0, 0.05) is 30.6 Å². The van der Waals surface area contributed by atoms with Gasteiger partial charge in [-0.15, -0.1) is 0 Å². The molecule has 2 rings (SSSR count). The predicted molar refractivity (Wildman–Crippen MR) is 89.2 cm³/mol. The second-order valence-electron chi connectivity index (χ2n) is 5.85. The van der Waals surface area contributed by atoms with Crippen LogP contribution in [0.25, 0.3) is 0 Å². The van der Waals surface area contributed by atoms with Gasteiger partial charge in [-0.3, -0.25) is 4.79 Å². The Balaban J connectivity index is 2.09. The van der Waals surface area contributed by atoms with Crippen molar-refractivity contribution in [1.29, 1.82) is 0 Å². The van der Waals surface area contributed by atoms with Crippen molar-refractivity contribution >= 4 is 27.5 Å². The normalized spacial score (nSPS) is 21.6. The Bertz CT molecular complexity index is 691. The van der Waals surface area contributed by atoms with Crippen molar-refractivity contribution in [3.8, 4) is 0 Å². The molecule has 1 fully saturated rings. The molecule has 1 N–H and O–H groups in total. The predicted octanol–water partition coefficient (Wildman–Crippen LogP) is 1.28. The number of benzene rings is 1. The minimum Gasteiger partial charge on any atom is -0.379 e. The van der Waals surface area contributed by atoms with Crippen LogP contribution in [0.2, 0.25) is 5.02 Å². The minimum atomic E-state index is -3.35. The van der Waals surface area contributed by atoms with Crippen molar-refractivity contribution in [2.24, 2.45) is 5.92 Å². The van der Waals surface area contributed by atoms with Crippen molar-refractivity contribution < 1.29 is 17.9 Å². The van der Waals surface area contributed by atoms with Gasteiger partial charge in [0.1, 0.15) is 0 Å². The van der Waals surface area contributed by atoms with E-state index in [-0.39, 0.29) is 23.6 Å². The van der Waals surface area contributed by atoms with Crippen LogP contribution in [0.1, 0.15) is 15.9 Å². The smallest absolute Gasteiger partial charge is 0.251 e. The molecule has 23 heavy (non-hydrogen) atoms. The number of sulfonamides is 1. The fourth-order valence-electron chi connectivity index (χ4n) is 2.44. The SMILES string of the molecule is Cc1c(Cl)cccc1C(=O)N[C@@H]1COC[C@H]1CS(=O)(=O)N(C)C. The van der Waals surface area contributed by atoms with Crippen LogP contribution in [-0.2, 0) is 14.8 Å². The van der Waals surface area contributed by atoms with Gasteiger partial charge in [-0.2, -0.15) is 0 Å². The Morgan fingerprint density at radius 1 is 1.39 bits per heavy atom. The van der Waals surface area contributed by atoms with Gasteiger partial charge in [-0.05, 0) is 24.6 Å². The van der Waals surface area contributed by atoms with Crippen molar-refractivity contribution in [1.82, 2.24) is 9.62 Å². The van der Waals surface area contributed by atoms with E-state index in [1.54, 1.807) is 25.1 Å². The standard InChI is InChI=1S/C15H21ClN2O4S/c1-10-12(5-4-6-13(10)16)15(19)17-14-8-22-7-11(14)9-23(20,21)18(2)3/h4-6,11,14H,7-9H2,1-3H3,(H,17,19)/t11-,14+/m0/s1. The number of hydrogen-bond acceptors (Lipinski definition) is 4. The van der Waals surface area contributed by atoms with Crippen LogP contribution in [0.15, 0.2) is 18.2 Å². The Kier molecular flexibility index (Phi) is 5.67. The maximum absolute atomic E-state index is 12.4. The fourth-order valence-corrected chi connectivity index (χ4v) is 3.78. The quantitative estimate of drug-likeness (QED) is 0.858. The molecule has 1 amide bonds. The first-order valence-electron chi connectivity index (χ1n) is 7.26. The van der Waals surface area contributed by atoms with Crippen LogP contribution >= 0.6 is 11.6 Å². The molecule has 0 saturated carbocycles. The number of nitrogens with zero attached hydrogens (tertiary/aromatic N) is 1. The van der Waals surface area contributed by atoms with Gasteiger partial charge in [-0.25, -0.2) is 12.7 Å². The van der Waals surface area contributed by atoms with Gasteiger partial charge in [0.2, 0.25) is 10.0 Å². The van der Waals surface area contributed by atoms with E-state index in [9.17, 15) is 13.2 Å². The number of hydrogen-bond donors (Lipinski definition) is 1. The number of carbonyl (C=O) groups is 1. The van der Waals surface area contributed by atoms with E-state index in [0.717, 1.165) is 0 Å². The van der Waals surface area contributed by atoms with Gasteiger partial charge in [0.05, 0.1) is 25.0 Å². The first-order chi connectivity index (χ1) is 10.7. The monoisotopic (exact) mass is 360 g/mol. The lowest BCUT2D eigenvalue weighted by molar-refractivity contribution is 0.0925. The minimum absolute atomic E-state index is 0.0561. The van der Waals surface area contributed by atoms with E-state index in [0.29, 0.717) is 29.4 Å². The lowest BCUT2D eigenvalue weighted by atomic mass is 10.0. The Hall–Kier alpha value is -1.15. The summed E-state index contributed by atoms with van der Waals surface area (Å²) in [6, 6.07) is 4.79. The van der Waals surface area contributed by atoms with Crippen LogP contribution in [-0.4, -0.2) is 57.7 Å². The summed E-state index contributed by atoms with van der Waals surface area (Å²) in [5.74, 6) is -0.599. The Morgan fingerprint density at radius 2 is 2.09 bits per heavy atom. The molecule has 1 aromatic carbocycles. The third-order valence-electron chi connectivity index (χ3n) is 4.01. The average molecular weight is 361 g/mol. The maximum Gasteiger partial charge on any atom is 0.251 e. The van der Waals surface area contributed by atoms with Crippen LogP contribution in [0, 0.1) is 12.8 Å². The number of rotatable bonds is 5. The first kappa shape index (κ1) is 18.2. The third kappa shape index (κ3) is 4.23.